The predicted octanol–water partition coefficient (Wildman–Crippen LogP) is 3.86. The lowest BCUT2D eigenvalue weighted by atomic mass is 9.96. The fourth-order valence-electron chi connectivity index (χ4n) is 4.69. The lowest BCUT2D eigenvalue weighted by Gasteiger charge is -2.35. The van der Waals surface area contributed by atoms with Crippen LogP contribution < -0.4 is 5.32 Å². The first-order valence-corrected chi connectivity index (χ1v) is 12.9. The molecular weight excluding hydrogens is 450 g/mol. The number of hydrogen-bond donors (Lipinski definition) is 1. The van der Waals surface area contributed by atoms with E-state index in [0.717, 1.165) is 36.1 Å². The molecular formula is C26H33N3O4S. The molecule has 2 unspecified atom stereocenters. The number of benzene rings is 1. The number of thiophene rings is 1. The summed E-state index contributed by atoms with van der Waals surface area (Å²) >= 11 is 1.42. The Kier molecular flexibility index (Phi) is 8.00. The summed E-state index contributed by atoms with van der Waals surface area (Å²) in [5.74, 6) is -0.629. The van der Waals surface area contributed by atoms with Gasteiger partial charge in [-0.2, -0.15) is 0 Å². The molecule has 8 heteroatoms. The Morgan fingerprint density at radius 1 is 1.15 bits per heavy atom. The highest BCUT2D eigenvalue weighted by Gasteiger charge is 2.34. The van der Waals surface area contributed by atoms with E-state index < -0.39 is 0 Å². The van der Waals surface area contributed by atoms with Crippen LogP contribution in [0.25, 0.3) is 0 Å². The zero-order chi connectivity index (χ0) is 24.1. The van der Waals surface area contributed by atoms with Crippen molar-refractivity contribution in [1.29, 1.82) is 0 Å². The molecule has 34 heavy (non-hydrogen) atoms. The SMILES string of the molecule is Cc1cccc(NC(=O)CN(CC2CCCO2)C(=O)C2CCCN(C(=O)c3cccs3)C2)c1C. The van der Waals surface area contributed by atoms with Crippen molar-refractivity contribution >= 4 is 34.7 Å². The lowest BCUT2D eigenvalue weighted by molar-refractivity contribution is -0.141. The number of hydrogen-bond acceptors (Lipinski definition) is 5. The quantitative estimate of drug-likeness (QED) is 0.649. The van der Waals surface area contributed by atoms with Crippen LogP contribution in [0.3, 0.4) is 0 Å². The van der Waals surface area contributed by atoms with Gasteiger partial charge in [-0.25, -0.2) is 0 Å². The van der Waals surface area contributed by atoms with Gasteiger partial charge >= 0.3 is 0 Å². The third-order valence-electron chi connectivity index (χ3n) is 6.76. The van der Waals surface area contributed by atoms with Crippen molar-refractivity contribution < 1.29 is 19.1 Å². The van der Waals surface area contributed by atoms with Crippen molar-refractivity contribution in [2.75, 3.05) is 38.1 Å². The summed E-state index contributed by atoms with van der Waals surface area (Å²) in [7, 11) is 0. The Balaban J connectivity index is 1.44. The van der Waals surface area contributed by atoms with E-state index in [-0.39, 0.29) is 36.3 Å². The Morgan fingerprint density at radius 2 is 2.00 bits per heavy atom. The number of piperidine rings is 1. The van der Waals surface area contributed by atoms with Gasteiger partial charge < -0.3 is 19.9 Å². The monoisotopic (exact) mass is 483 g/mol. The van der Waals surface area contributed by atoms with Crippen LogP contribution in [0.5, 0.6) is 0 Å². The van der Waals surface area contributed by atoms with Crippen LogP contribution in [0.4, 0.5) is 5.69 Å². The average molecular weight is 484 g/mol. The second-order valence-electron chi connectivity index (χ2n) is 9.22. The summed E-state index contributed by atoms with van der Waals surface area (Å²) in [4.78, 5) is 43.5. The summed E-state index contributed by atoms with van der Waals surface area (Å²) in [6, 6.07) is 9.48. The molecule has 0 radical (unpaired) electrons. The Morgan fingerprint density at radius 3 is 2.74 bits per heavy atom. The summed E-state index contributed by atoms with van der Waals surface area (Å²) in [5, 5.41) is 4.86. The lowest BCUT2D eigenvalue weighted by Crippen LogP contribution is -2.50. The maximum atomic E-state index is 13.6. The minimum absolute atomic E-state index is 0.0224. The molecule has 1 N–H and O–H groups in total. The molecule has 0 bridgehead atoms. The largest absolute Gasteiger partial charge is 0.376 e. The van der Waals surface area contributed by atoms with Crippen LogP contribution in [0.1, 0.15) is 46.5 Å². The molecule has 0 aliphatic carbocycles. The zero-order valence-corrected chi connectivity index (χ0v) is 20.7. The van der Waals surface area contributed by atoms with Crippen LogP contribution >= 0.6 is 11.3 Å². The number of ether oxygens (including phenoxy) is 1. The van der Waals surface area contributed by atoms with Crippen LogP contribution in [0.15, 0.2) is 35.7 Å². The van der Waals surface area contributed by atoms with E-state index in [4.69, 9.17) is 4.74 Å². The predicted molar refractivity (Wildman–Crippen MR) is 133 cm³/mol. The molecule has 0 saturated carbocycles. The van der Waals surface area contributed by atoms with Gasteiger partial charge in [0.05, 0.1) is 23.4 Å². The molecule has 0 spiro atoms. The minimum Gasteiger partial charge on any atom is -0.376 e. The first kappa shape index (κ1) is 24.4. The van der Waals surface area contributed by atoms with E-state index in [1.807, 2.05) is 49.6 Å². The number of likely N-dealkylation sites (tertiary alicyclic amines) is 1. The van der Waals surface area contributed by atoms with E-state index in [0.29, 0.717) is 37.5 Å². The highest BCUT2D eigenvalue weighted by molar-refractivity contribution is 7.12. The molecule has 2 fully saturated rings. The second-order valence-corrected chi connectivity index (χ2v) is 10.2. The number of amides is 3. The van der Waals surface area contributed by atoms with Crippen molar-refractivity contribution in [1.82, 2.24) is 9.80 Å². The highest BCUT2D eigenvalue weighted by Crippen LogP contribution is 2.24. The van der Waals surface area contributed by atoms with Crippen LogP contribution in [-0.4, -0.2) is 66.4 Å². The average Bonchev–Trinajstić information content (AvgIpc) is 3.55. The molecule has 2 saturated heterocycles. The highest BCUT2D eigenvalue weighted by atomic mass is 32.1. The molecule has 7 nitrogen and oxygen atoms in total. The van der Waals surface area contributed by atoms with E-state index in [2.05, 4.69) is 5.32 Å². The maximum Gasteiger partial charge on any atom is 0.263 e. The van der Waals surface area contributed by atoms with Gasteiger partial charge in [-0.1, -0.05) is 18.2 Å². The number of rotatable bonds is 7. The summed E-state index contributed by atoms with van der Waals surface area (Å²) < 4.78 is 5.78. The van der Waals surface area contributed by atoms with Crippen molar-refractivity contribution in [3.63, 3.8) is 0 Å². The van der Waals surface area contributed by atoms with Crippen molar-refractivity contribution in [2.45, 2.75) is 45.6 Å². The summed E-state index contributed by atoms with van der Waals surface area (Å²) in [6.45, 7) is 6.07. The summed E-state index contributed by atoms with van der Waals surface area (Å²) in [5.41, 5.74) is 2.88. The maximum absolute atomic E-state index is 13.6. The number of carbonyl (C=O) groups is 3. The van der Waals surface area contributed by atoms with Gasteiger partial charge in [-0.05, 0) is 68.2 Å². The van der Waals surface area contributed by atoms with Crippen LogP contribution in [-0.2, 0) is 14.3 Å². The second kappa shape index (κ2) is 11.1. The fraction of sp³-hybridized carbons (Fsp3) is 0.500. The molecule has 1 aromatic heterocycles. The van der Waals surface area contributed by atoms with Gasteiger partial charge in [-0.3, -0.25) is 14.4 Å². The summed E-state index contributed by atoms with van der Waals surface area (Å²) in [6.07, 6.45) is 3.29. The zero-order valence-electron chi connectivity index (χ0n) is 19.9. The molecule has 3 amide bonds. The first-order valence-electron chi connectivity index (χ1n) is 12.0. The van der Waals surface area contributed by atoms with Crippen molar-refractivity contribution in [2.24, 2.45) is 5.92 Å². The standard InChI is InChI=1S/C26H33N3O4S/c1-18-7-3-10-22(19(18)2)27-24(30)17-29(16-21-9-5-13-33-21)25(31)20-8-4-12-28(15-20)26(32)23-11-6-14-34-23/h3,6-7,10-11,14,20-21H,4-5,8-9,12-13,15-17H2,1-2H3,(H,27,30). The van der Waals surface area contributed by atoms with Crippen LogP contribution in [0, 0.1) is 19.8 Å². The van der Waals surface area contributed by atoms with Gasteiger partial charge in [-0.15, -0.1) is 11.3 Å². The van der Waals surface area contributed by atoms with E-state index in [1.165, 1.54) is 11.3 Å². The van der Waals surface area contributed by atoms with Gasteiger partial charge in [0.15, 0.2) is 0 Å². The molecule has 2 aliphatic heterocycles. The third kappa shape index (κ3) is 5.85. The number of carbonyl (C=O) groups excluding carboxylic acids is 3. The van der Waals surface area contributed by atoms with E-state index in [9.17, 15) is 14.4 Å². The normalized spacial score (nSPS) is 20.2. The topological polar surface area (TPSA) is 79.0 Å². The number of nitrogens with one attached hydrogen (secondary N) is 1. The third-order valence-corrected chi connectivity index (χ3v) is 7.62. The number of aryl methyl sites for hydroxylation is 1. The van der Waals surface area contributed by atoms with Crippen molar-refractivity contribution in [3.05, 3.63) is 51.7 Å². The van der Waals surface area contributed by atoms with Gasteiger partial charge in [0, 0.05) is 31.9 Å². The van der Waals surface area contributed by atoms with Crippen molar-refractivity contribution in [3.8, 4) is 0 Å². The Bertz CT molecular complexity index is 1020. The molecule has 1 aromatic carbocycles. The Labute approximate surface area is 205 Å². The molecule has 2 atom stereocenters. The first-order chi connectivity index (χ1) is 16.4. The molecule has 182 valence electrons. The number of anilines is 1. The van der Waals surface area contributed by atoms with Gasteiger partial charge in [0.25, 0.3) is 5.91 Å². The van der Waals surface area contributed by atoms with Gasteiger partial charge in [0.2, 0.25) is 11.8 Å². The molecule has 2 aliphatic rings. The molecule has 3 heterocycles. The van der Waals surface area contributed by atoms with Gasteiger partial charge in [0.1, 0.15) is 0 Å². The number of nitrogens with zero attached hydrogens (tertiary/aromatic N) is 2. The van der Waals surface area contributed by atoms with E-state index >= 15 is 0 Å². The fourth-order valence-corrected chi connectivity index (χ4v) is 5.38. The smallest absolute Gasteiger partial charge is 0.263 e. The van der Waals surface area contributed by atoms with Crippen LogP contribution in [0.2, 0.25) is 0 Å². The Hall–Kier alpha value is -2.71. The molecule has 4 rings (SSSR count). The minimum atomic E-state index is -0.312. The van der Waals surface area contributed by atoms with E-state index in [1.54, 1.807) is 9.80 Å². The molecule has 2 aromatic rings.